The number of hydrogen-bond donors (Lipinski definition) is 0. The molecular formula is C20H23BrO. The third kappa shape index (κ3) is 5.10. The molecule has 0 aliphatic heterocycles. The summed E-state index contributed by atoms with van der Waals surface area (Å²) in [6.07, 6.45) is 3.99. The second-order valence-electron chi connectivity index (χ2n) is 5.98. The topological polar surface area (TPSA) is 17.1 Å². The molecule has 22 heavy (non-hydrogen) atoms. The second kappa shape index (κ2) is 8.28. The van der Waals surface area contributed by atoms with Gasteiger partial charge in [-0.25, -0.2) is 0 Å². The SMILES string of the molecule is CCC(C)CCc1ccc(C(=O)Cc2ccc(Br)cc2)cc1. The summed E-state index contributed by atoms with van der Waals surface area (Å²) in [5.74, 6) is 0.939. The van der Waals surface area contributed by atoms with Gasteiger partial charge in [-0.3, -0.25) is 4.79 Å². The van der Waals surface area contributed by atoms with Gasteiger partial charge in [0.25, 0.3) is 0 Å². The van der Waals surface area contributed by atoms with E-state index in [-0.39, 0.29) is 5.78 Å². The first-order valence-electron chi connectivity index (χ1n) is 7.95. The standard InChI is InChI=1S/C20H23BrO/c1-3-15(2)4-5-16-6-10-18(11-7-16)20(22)14-17-8-12-19(21)13-9-17/h6-13,15H,3-5,14H2,1-2H3. The van der Waals surface area contributed by atoms with E-state index in [2.05, 4.69) is 41.9 Å². The summed E-state index contributed by atoms with van der Waals surface area (Å²) < 4.78 is 1.04. The van der Waals surface area contributed by atoms with E-state index in [0.29, 0.717) is 6.42 Å². The lowest BCUT2D eigenvalue weighted by atomic mass is 9.97. The molecule has 0 heterocycles. The molecule has 2 rings (SSSR count). The molecule has 0 radical (unpaired) electrons. The fourth-order valence-electron chi connectivity index (χ4n) is 2.36. The normalized spacial score (nSPS) is 12.1. The maximum absolute atomic E-state index is 12.3. The Kier molecular flexibility index (Phi) is 6.38. The maximum atomic E-state index is 12.3. The Balaban J connectivity index is 1.94. The molecule has 116 valence electrons. The van der Waals surface area contributed by atoms with Crippen LogP contribution < -0.4 is 0 Å². The van der Waals surface area contributed by atoms with Crippen LogP contribution in [-0.4, -0.2) is 5.78 Å². The van der Waals surface area contributed by atoms with Crippen molar-refractivity contribution in [3.63, 3.8) is 0 Å². The zero-order chi connectivity index (χ0) is 15.9. The van der Waals surface area contributed by atoms with Crippen LogP contribution in [0, 0.1) is 5.92 Å². The summed E-state index contributed by atoms with van der Waals surface area (Å²) >= 11 is 3.41. The molecule has 0 fully saturated rings. The van der Waals surface area contributed by atoms with Gasteiger partial charge in [0.15, 0.2) is 5.78 Å². The predicted molar refractivity (Wildman–Crippen MR) is 96.4 cm³/mol. The number of aryl methyl sites for hydroxylation is 1. The number of carbonyl (C=O) groups is 1. The quantitative estimate of drug-likeness (QED) is 0.567. The molecule has 0 bridgehead atoms. The fourth-order valence-corrected chi connectivity index (χ4v) is 2.63. The van der Waals surface area contributed by atoms with Gasteiger partial charge in [-0.2, -0.15) is 0 Å². The van der Waals surface area contributed by atoms with E-state index < -0.39 is 0 Å². The first kappa shape index (κ1) is 17.0. The minimum atomic E-state index is 0.177. The average molecular weight is 359 g/mol. The molecule has 0 saturated heterocycles. The summed E-state index contributed by atoms with van der Waals surface area (Å²) in [6.45, 7) is 4.52. The van der Waals surface area contributed by atoms with Gasteiger partial charge in [0, 0.05) is 16.5 Å². The smallest absolute Gasteiger partial charge is 0.167 e. The van der Waals surface area contributed by atoms with Crippen LogP contribution >= 0.6 is 15.9 Å². The van der Waals surface area contributed by atoms with Gasteiger partial charge in [-0.1, -0.05) is 72.6 Å². The van der Waals surface area contributed by atoms with Crippen molar-refractivity contribution in [2.75, 3.05) is 0 Å². The van der Waals surface area contributed by atoms with Crippen molar-refractivity contribution in [1.82, 2.24) is 0 Å². The van der Waals surface area contributed by atoms with E-state index in [9.17, 15) is 4.79 Å². The molecule has 0 N–H and O–H groups in total. The van der Waals surface area contributed by atoms with E-state index in [1.54, 1.807) is 0 Å². The van der Waals surface area contributed by atoms with Crippen LogP contribution in [0.5, 0.6) is 0 Å². The van der Waals surface area contributed by atoms with Crippen molar-refractivity contribution in [3.8, 4) is 0 Å². The number of Topliss-reactive ketones (excluding diaryl/α,β-unsaturated/α-hetero) is 1. The molecular weight excluding hydrogens is 336 g/mol. The highest BCUT2D eigenvalue weighted by Gasteiger charge is 2.07. The molecule has 0 aliphatic carbocycles. The van der Waals surface area contributed by atoms with Crippen molar-refractivity contribution in [3.05, 3.63) is 69.7 Å². The number of benzene rings is 2. The Labute approximate surface area is 141 Å². The monoisotopic (exact) mass is 358 g/mol. The lowest BCUT2D eigenvalue weighted by molar-refractivity contribution is 0.0993. The van der Waals surface area contributed by atoms with Crippen LogP contribution in [0.1, 0.15) is 48.2 Å². The number of carbonyl (C=O) groups excluding carboxylic acids is 1. The van der Waals surface area contributed by atoms with Crippen LogP contribution in [0.2, 0.25) is 0 Å². The fraction of sp³-hybridized carbons (Fsp3) is 0.350. The number of halogens is 1. The van der Waals surface area contributed by atoms with Gasteiger partial charge in [0.05, 0.1) is 0 Å². The summed E-state index contributed by atoms with van der Waals surface area (Å²) in [7, 11) is 0. The zero-order valence-corrected chi connectivity index (χ0v) is 14.9. The summed E-state index contributed by atoms with van der Waals surface area (Å²) in [6, 6.07) is 16.0. The third-order valence-corrected chi connectivity index (χ3v) is 4.71. The number of ketones is 1. The van der Waals surface area contributed by atoms with Gasteiger partial charge in [0.1, 0.15) is 0 Å². The molecule has 1 nitrogen and oxygen atoms in total. The molecule has 1 atom stereocenters. The van der Waals surface area contributed by atoms with Crippen molar-refractivity contribution in [1.29, 1.82) is 0 Å². The van der Waals surface area contributed by atoms with E-state index >= 15 is 0 Å². The van der Waals surface area contributed by atoms with E-state index in [0.717, 1.165) is 27.9 Å². The van der Waals surface area contributed by atoms with Crippen LogP contribution in [-0.2, 0) is 12.8 Å². The first-order chi connectivity index (χ1) is 10.6. The highest BCUT2D eigenvalue weighted by atomic mass is 79.9. The Bertz CT molecular complexity index is 599. The highest BCUT2D eigenvalue weighted by molar-refractivity contribution is 9.10. The van der Waals surface area contributed by atoms with Gasteiger partial charge in [-0.05, 0) is 42.0 Å². The molecule has 0 aliphatic rings. The van der Waals surface area contributed by atoms with Crippen LogP contribution in [0.15, 0.2) is 53.0 Å². The molecule has 2 heteroatoms. The predicted octanol–water partition coefficient (Wildman–Crippen LogP) is 5.85. The van der Waals surface area contributed by atoms with Crippen molar-refractivity contribution >= 4 is 21.7 Å². The number of hydrogen-bond acceptors (Lipinski definition) is 1. The van der Waals surface area contributed by atoms with Gasteiger partial charge in [-0.15, -0.1) is 0 Å². The minimum absolute atomic E-state index is 0.177. The van der Waals surface area contributed by atoms with Crippen LogP contribution in [0.4, 0.5) is 0 Å². The van der Waals surface area contributed by atoms with Gasteiger partial charge >= 0.3 is 0 Å². The Morgan fingerprint density at radius 3 is 2.18 bits per heavy atom. The lowest BCUT2D eigenvalue weighted by Gasteiger charge is -2.08. The van der Waals surface area contributed by atoms with Crippen LogP contribution in [0.3, 0.4) is 0 Å². The Hall–Kier alpha value is -1.41. The average Bonchev–Trinajstić information content (AvgIpc) is 2.55. The molecule has 1 unspecified atom stereocenters. The molecule has 2 aromatic carbocycles. The first-order valence-corrected chi connectivity index (χ1v) is 8.74. The lowest BCUT2D eigenvalue weighted by Crippen LogP contribution is -2.04. The maximum Gasteiger partial charge on any atom is 0.167 e. The number of rotatable bonds is 7. The molecule has 0 spiro atoms. The van der Waals surface area contributed by atoms with Crippen molar-refractivity contribution in [2.24, 2.45) is 5.92 Å². The highest BCUT2D eigenvalue weighted by Crippen LogP contribution is 2.15. The zero-order valence-electron chi connectivity index (χ0n) is 13.3. The minimum Gasteiger partial charge on any atom is -0.294 e. The van der Waals surface area contributed by atoms with E-state index in [1.807, 2.05) is 36.4 Å². The van der Waals surface area contributed by atoms with E-state index in [4.69, 9.17) is 0 Å². The molecule has 0 aromatic heterocycles. The summed E-state index contributed by atoms with van der Waals surface area (Å²) in [4.78, 5) is 12.3. The second-order valence-corrected chi connectivity index (χ2v) is 6.89. The Morgan fingerprint density at radius 2 is 1.59 bits per heavy atom. The largest absolute Gasteiger partial charge is 0.294 e. The van der Waals surface area contributed by atoms with Crippen LogP contribution in [0.25, 0.3) is 0 Å². The van der Waals surface area contributed by atoms with Crippen molar-refractivity contribution in [2.45, 2.75) is 39.5 Å². The van der Waals surface area contributed by atoms with E-state index in [1.165, 1.54) is 18.4 Å². The third-order valence-electron chi connectivity index (χ3n) is 4.18. The van der Waals surface area contributed by atoms with Gasteiger partial charge in [0.2, 0.25) is 0 Å². The van der Waals surface area contributed by atoms with Gasteiger partial charge < -0.3 is 0 Å². The summed E-state index contributed by atoms with van der Waals surface area (Å²) in [5.41, 5.74) is 3.17. The molecule has 0 saturated carbocycles. The summed E-state index contributed by atoms with van der Waals surface area (Å²) in [5, 5.41) is 0. The molecule has 0 amide bonds. The molecule has 2 aromatic rings. The Morgan fingerprint density at radius 1 is 1.00 bits per heavy atom. The van der Waals surface area contributed by atoms with Crippen molar-refractivity contribution < 1.29 is 4.79 Å².